The van der Waals surface area contributed by atoms with Crippen LogP contribution in [0.3, 0.4) is 0 Å². The van der Waals surface area contributed by atoms with Crippen LogP contribution < -0.4 is 10.1 Å². The van der Waals surface area contributed by atoms with E-state index in [1.54, 1.807) is 18.2 Å². The number of amides is 1. The van der Waals surface area contributed by atoms with Crippen molar-refractivity contribution in [1.82, 2.24) is 5.32 Å². The number of nitrogens with one attached hydrogen (secondary N) is 1. The first-order valence-corrected chi connectivity index (χ1v) is 13.2. The topological polar surface area (TPSA) is 72.5 Å². The Morgan fingerprint density at radius 3 is 2.38 bits per heavy atom. The van der Waals surface area contributed by atoms with Crippen LogP contribution in [0, 0.1) is 5.82 Å². The minimum Gasteiger partial charge on any atom is -0.454 e. The lowest BCUT2D eigenvalue weighted by Gasteiger charge is -2.15. The Balaban J connectivity index is 1.52. The highest BCUT2D eigenvalue weighted by Gasteiger charge is 2.39. The van der Waals surface area contributed by atoms with Gasteiger partial charge in [0.15, 0.2) is 15.6 Å². The molecule has 1 N–H and O–H groups in total. The van der Waals surface area contributed by atoms with Gasteiger partial charge in [-0.1, -0.05) is 42.3 Å². The van der Waals surface area contributed by atoms with Crippen molar-refractivity contribution >= 4 is 38.9 Å². The Kier molecular flexibility index (Phi) is 6.64. The highest BCUT2D eigenvalue weighted by molar-refractivity contribution is 7.90. The van der Waals surface area contributed by atoms with Gasteiger partial charge in [-0.3, -0.25) is 4.79 Å². The van der Waals surface area contributed by atoms with Crippen LogP contribution in [0.2, 0.25) is 10.0 Å². The van der Waals surface area contributed by atoms with Crippen molar-refractivity contribution in [2.75, 3.05) is 6.26 Å². The largest absolute Gasteiger partial charge is 0.454 e. The number of rotatable bonds is 7. The summed E-state index contributed by atoms with van der Waals surface area (Å²) in [6.07, 6.45) is 3.08. The van der Waals surface area contributed by atoms with Crippen molar-refractivity contribution in [3.8, 4) is 11.5 Å². The van der Waals surface area contributed by atoms with Crippen molar-refractivity contribution in [2.45, 2.75) is 36.6 Å². The Hall–Kier alpha value is -2.61. The number of carbonyl (C=O) groups excluding carboxylic acids is 1. The molecule has 5 nitrogen and oxygen atoms in total. The molecule has 1 aliphatic carbocycles. The molecule has 0 aliphatic heterocycles. The zero-order valence-electron chi connectivity index (χ0n) is 18.5. The van der Waals surface area contributed by atoms with Crippen molar-refractivity contribution < 1.29 is 22.3 Å². The third kappa shape index (κ3) is 5.37. The Morgan fingerprint density at radius 2 is 1.76 bits per heavy atom. The molecule has 3 aromatic rings. The zero-order valence-corrected chi connectivity index (χ0v) is 20.8. The lowest BCUT2D eigenvalue weighted by Crippen LogP contribution is -2.23. The Labute approximate surface area is 207 Å². The second kappa shape index (κ2) is 9.21. The summed E-state index contributed by atoms with van der Waals surface area (Å²) in [4.78, 5) is 13.0. The van der Waals surface area contributed by atoms with E-state index in [-0.39, 0.29) is 44.0 Å². The van der Waals surface area contributed by atoms with Crippen LogP contribution in [0.4, 0.5) is 4.39 Å². The van der Waals surface area contributed by atoms with Crippen molar-refractivity contribution in [2.24, 2.45) is 0 Å². The van der Waals surface area contributed by atoms with Gasteiger partial charge in [-0.2, -0.15) is 0 Å². The number of hydrogen-bond donors (Lipinski definition) is 1. The molecule has 178 valence electrons. The molecule has 1 fully saturated rings. The molecule has 0 atom stereocenters. The van der Waals surface area contributed by atoms with Gasteiger partial charge in [0.2, 0.25) is 0 Å². The van der Waals surface area contributed by atoms with E-state index in [0.717, 1.165) is 24.7 Å². The fraction of sp³-hybridized carbons (Fsp3) is 0.240. The van der Waals surface area contributed by atoms with Gasteiger partial charge >= 0.3 is 0 Å². The molecule has 3 aromatic carbocycles. The van der Waals surface area contributed by atoms with Crippen molar-refractivity contribution in [3.05, 3.63) is 87.2 Å². The zero-order chi connectivity index (χ0) is 24.7. The minimum absolute atomic E-state index is 0.000805. The van der Waals surface area contributed by atoms with Crippen LogP contribution in [-0.4, -0.2) is 20.6 Å². The van der Waals surface area contributed by atoms with Gasteiger partial charge in [-0.25, -0.2) is 12.8 Å². The van der Waals surface area contributed by atoms with E-state index in [4.69, 9.17) is 27.9 Å². The average molecular weight is 522 g/mol. The highest BCUT2D eigenvalue weighted by Crippen LogP contribution is 2.49. The number of hydrogen-bond acceptors (Lipinski definition) is 4. The van der Waals surface area contributed by atoms with Gasteiger partial charge in [-0.15, -0.1) is 0 Å². The van der Waals surface area contributed by atoms with E-state index in [2.05, 4.69) is 12.2 Å². The van der Waals surface area contributed by atoms with Crippen molar-refractivity contribution in [1.29, 1.82) is 0 Å². The molecule has 1 saturated carbocycles. The molecule has 1 aliphatic rings. The number of benzene rings is 3. The first-order chi connectivity index (χ1) is 16.0. The smallest absolute Gasteiger partial charge is 0.253 e. The molecule has 0 aromatic heterocycles. The van der Waals surface area contributed by atoms with Gasteiger partial charge in [0.05, 0.1) is 20.5 Å². The Morgan fingerprint density at radius 1 is 1.09 bits per heavy atom. The monoisotopic (exact) mass is 521 g/mol. The van der Waals surface area contributed by atoms with Gasteiger partial charge in [0, 0.05) is 18.9 Å². The number of halogens is 3. The van der Waals surface area contributed by atoms with Crippen LogP contribution in [0.15, 0.2) is 59.5 Å². The second-order valence-corrected chi connectivity index (χ2v) is 11.5. The van der Waals surface area contributed by atoms with Crippen LogP contribution in [0.25, 0.3) is 0 Å². The van der Waals surface area contributed by atoms with E-state index in [1.807, 2.05) is 0 Å². The molecule has 0 saturated heterocycles. The van der Waals surface area contributed by atoms with Gasteiger partial charge in [0.25, 0.3) is 5.91 Å². The van der Waals surface area contributed by atoms with E-state index in [9.17, 15) is 17.6 Å². The predicted octanol–water partition coefficient (Wildman–Crippen LogP) is 6.31. The summed E-state index contributed by atoms with van der Waals surface area (Å²) >= 11 is 12.7. The summed E-state index contributed by atoms with van der Waals surface area (Å²) in [6.45, 7) is 2.22. The third-order valence-corrected chi connectivity index (χ3v) is 7.69. The molecule has 0 radical (unpaired) electrons. The van der Waals surface area contributed by atoms with Gasteiger partial charge in [-0.05, 0) is 65.8 Å². The lowest BCUT2D eigenvalue weighted by atomic mass is 9.98. The summed E-state index contributed by atoms with van der Waals surface area (Å²) in [5.74, 6) is -0.589. The van der Waals surface area contributed by atoms with Crippen LogP contribution in [0.5, 0.6) is 11.5 Å². The number of sulfone groups is 1. The normalized spacial score (nSPS) is 14.5. The quantitative estimate of drug-likeness (QED) is 0.395. The SMILES string of the molecule is CC1(c2cc(F)cc(Oc3c(Cl)ccc(C(=O)NCc4ccc(S(C)(=O)=O)cc4)c3Cl)c2)CC1. The first kappa shape index (κ1) is 24.5. The maximum atomic E-state index is 14.2. The molecule has 34 heavy (non-hydrogen) atoms. The highest BCUT2D eigenvalue weighted by atomic mass is 35.5. The van der Waals surface area contributed by atoms with Crippen LogP contribution in [-0.2, 0) is 21.8 Å². The molecule has 4 rings (SSSR count). The molecule has 0 heterocycles. The third-order valence-electron chi connectivity index (χ3n) is 5.89. The second-order valence-electron chi connectivity index (χ2n) is 8.68. The molecule has 0 spiro atoms. The van der Waals surface area contributed by atoms with E-state index < -0.39 is 21.6 Å². The molecule has 1 amide bonds. The summed E-state index contributed by atoms with van der Waals surface area (Å²) < 4.78 is 43.2. The van der Waals surface area contributed by atoms with Crippen molar-refractivity contribution in [3.63, 3.8) is 0 Å². The summed E-state index contributed by atoms with van der Waals surface area (Å²) in [7, 11) is -3.30. The van der Waals surface area contributed by atoms with E-state index in [0.29, 0.717) is 5.56 Å². The van der Waals surface area contributed by atoms with E-state index in [1.165, 1.54) is 36.4 Å². The number of carbonyl (C=O) groups is 1. The van der Waals surface area contributed by atoms with Gasteiger partial charge in [0.1, 0.15) is 11.6 Å². The summed E-state index contributed by atoms with van der Waals surface area (Å²) in [5.41, 5.74) is 1.63. The van der Waals surface area contributed by atoms with Gasteiger partial charge < -0.3 is 10.1 Å². The Bertz CT molecular complexity index is 1370. The molecular formula is C25H22Cl2FNO4S. The minimum atomic E-state index is -3.30. The first-order valence-electron chi connectivity index (χ1n) is 10.5. The lowest BCUT2D eigenvalue weighted by molar-refractivity contribution is 0.0950. The van der Waals surface area contributed by atoms with Crippen LogP contribution >= 0.6 is 23.2 Å². The fourth-order valence-electron chi connectivity index (χ4n) is 3.50. The standard InChI is InChI=1S/C25H22Cl2FNO4S/c1-25(9-10-25)16-11-17(28)13-18(12-16)33-23-21(26)8-7-20(22(23)27)24(30)29-14-15-3-5-19(6-4-15)34(2,31)32/h3-8,11-13H,9-10,14H2,1-2H3,(H,29,30). The summed E-state index contributed by atoms with van der Waals surface area (Å²) in [6, 6.07) is 13.7. The summed E-state index contributed by atoms with van der Waals surface area (Å²) in [5, 5.41) is 2.92. The molecular weight excluding hydrogens is 500 g/mol. The predicted molar refractivity (Wildman–Crippen MR) is 130 cm³/mol. The fourth-order valence-corrected chi connectivity index (χ4v) is 4.66. The average Bonchev–Trinajstić information content (AvgIpc) is 3.53. The maximum absolute atomic E-state index is 14.2. The number of ether oxygens (including phenoxy) is 1. The molecule has 9 heteroatoms. The molecule has 0 unspecified atom stereocenters. The maximum Gasteiger partial charge on any atom is 0.253 e. The van der Waals surface area contributed by atoms with E-state index >= 15 is 0 Å². The van der Waals surface area contributed by atoms with Crippen LogP contribution in [0.1, 0.15) is 41.3 Å². The molecule has 0 bridgehead atoms.